The van der Waals surface area contributed by atoms with Gasteiger partial charge in [0.2, 0.25) is 0 Å². The second kappa shape index (κ2) is 12.0. The first-order valence-corrected chi connectivity index (χ1v) is 16.2. The van der Waals surface area contributed by atoms with E-state index in [0.717, 1.165) is 51.4 Å². The fraction of sp³-hybridized carbons (Fsp3) is 0.690. The van der Waals surface area contributed by atoms with Crippen molar-refractivity contribution < 1.29 is 19.1 Å². The van der Waals surface area contributed by atoms with Gasteiger partial charge in [-0.3, -0.25) is 4.79 Å². The maximum atomic E-state index is 12.5. The predicted molar refractivity (Wildman–Crippen MR) is 141 cm³/mol. The zero-order chi connectivity index (χ0) is 24.8. The summed E-state index contributed by atoms with van der Waals surface area (Å²) >= 11 is 0. The monoisotopic (exact) mass is 486 g/mol. The van der Waals surface area contributed by atoms with Crippen molar-refractivity contribution in [1.29, 1.82) is 0 Å². The van der Waals surface area contributed by atoms with Gasteiger partial charge in [0.15, 0.2) is 8.32 Å². The third-order valence-electron chi connectivity index (χ3n) is 8.27. The Morgan fingerprint density at radius 1 is 1.15 bits per heavy atom. The van der Waals surface area contributed by atoms with Crippen molar-refractivity contribution in [2.24, 2.45) is 11.8 Å². The highest BCUT2D eigenvalue weighted by molar-refractivity contribution is 6.74. The lowest BCUT2D eigenvalue weighted by Crippen LogP contribution is -2.45. The van der Waals surface area contributed by atoms with E-state index < -0.39 is 8.32 Å². The van der Waals surface area contributed by atoms with Crippen LogP contribution in [0.3, 0.4) is 0 Å². The van der Waals surface area contributed by atoms with Crippen LogP contribution in [0.25, 0.3) is 0 Å². The van der Waals surface area contributed by atoms with Crippen LogP contribution in [0.1, 0.15) is 77.7 Å². The van der Waals surface area contributed by atoms with Crippen LogP contribution < -0.4 is 0 Å². The van der Waals surface area contributed by atoms with E-state index in [1.165, 1.54) is 5.56 Å². The average Bonchev–Trinajstić information content (AvgIpc) is 3.08. The standard InChI is InChI=1S/C29H46O4Si/c1-29(2,3)34(4,5)33-27-21-26-24(15-11-6-7-12-16-28(31)32-26)25(27)20-19-23(30)18-17-22-13-9-8-10-14-22/h6,8-11,13-14,23-27,30H,7,12,15-21H2,1-5H3/b11-6-/t23-,24+,25+,26-,27?/m0/s1. The van der Waals surface area contributed by atoms with Crippen molar-refractivity contribution in [3.8, 4) is 0 Å². The van der Waals surface area contributed by atoms with Gasteiger partial charge in [-0.25, -0.2) is 0 Å². The Labute approximate surface area is 208 Å². The first-order chi connectivity index (χ1) is 16.1. The molecule has 0 radical (unpaired) electrons. The molecule has 4 nitrogen and oxygen atoms in total. The second-order valence-corrected chi connectivity index (χ2v) is 16.6. The Morgan fingerprint density at radius 2 is 1.88 bits per heavy atom. The summed E-state index contributed by atoms with van der Waals surface area (Å²) < 4.78 is 13.0. The number of esters is 1. The summed E-state index contributed by atoms with van der Waals surface area (Å²) in [4.78, 5) is 12.5. The fourth-order valence-electron chi connectivity index (χ4n) is 5.15. The van der Waals surface area contributed by atoms with Crippen molar-refractivity contribution in [1.82, 2.24) is 0 Å². The first kappa shape index (κ1) is 27.2. The molecule has 1 aliphatic heterocycles. The van der Waals surface area contributed by atoms with Gasteiger partial charge in [-0.1, -0.05) is 63.3 Å². The largest absolute Gasteiger partial charge is 0.462 e. The zero-order valence-corrected chi connectivity index (χ0v) is 23.0. The van der Waals surface area contributed by atoms with Gasteiger partial charge in [-0.15, -0.1) is 0 Å². The number of aliphatic hydroxyl groups excluding tert-OH is 1. The van der Waals surface area contributed by atoms with Gasteiger partial charge in [-0.2, -0.15) is 0 Å². The molecule has 0 bridgehead atoms. The van der Waals surface area contributed by atoms with Crippen molar-refractivity contribution in [3.63, 3.8) is 0 Å². The number of carbonyl (C=O) groups excluding carboxylic acids is 1. The van der Waals surface area contributed by atoms with Crippen molar-refractivity contribution in [2.45, 2.75) is 115 Å². The molecule has 0 aromatic heterocycles. The normalized spacial score (nSPS) is 28.1. The number of benzene rings is 1. The highest BCUT2D eigenvalue weighted by atomic mass is 28.4. The van der Waals surface area contributed by atoms with Gasteiger partial charge in [0.25, 0.3) is 0 Å². The van der Waals surface area contributed by atoms with Crippen LogP contribution in [0.15, 0.2) is 42.5 Å². The Bertz CT molecular complexity index is 798. The van der Waals surface area contributed by atoms with Crippen LogP contribution in [0.4, 0.5) is 0 Å². The quantitative estimate of drug-likeness (QED) is 0.249. The molecule has 0 saturated heterocycles. The maximum absolute atomic E-state index is 12.5. The molecule has 1 heterocycles. The highest BCUT2D eigenvalue weighted by Crippen LogP contribution is 2.46. The Kier molecular flexibility index (Phi) is 9.59. The molecular weight excluding hydrogens is 440 g/mol. The van der Waals surface area contributed by atoms with Crippen LogP contribution >= 0.6 is 0 Å². The molecule has 1 fully saturated rings. The average molecular weight is 487 g/mol. The summed E-state index contributed by atoms with van der Waals surface area (Å²) in [6, 6.07) is 10.4. The van der Waals surface area contributed by atoms with E-state index in [4.69, 9.17) is 9.16 Å². The number of allylic oxidation sites excluding steroid dienone is 2. The predicted octanol–water partition coefficient (Wildman–Crippen LogP) is 6.83. The molecule has 1 aromatic rings. The van der Waals surface area contributed by atoms with Gasteiger partial charge < -0.3 is 14.3 Å². The third-order valence-corrected chi connectivity index (χ3v) is 12.8. The summed E-state index contributed by atoms with van der Waals surface area (Å²) in [5, 5.41) is 10.9. The van der Waals surface area contributed by atoms with Gasteiger partial charge >= 0.3 is 5.97 Å². The molecule has 1 unspecified atom stereocenters. The Hall–Kier alpha value is -1.43. The Morgan fingerprint density at radius 3 is 2.59 bits per heavy atom. The summed E-state index contributed by atoms with van der Waals surface area (Å²) in [7, 11) is -1.97. The van der Waals surface area contributed by atoms with E-state index in [0.29, 0.717) is 12.3 Å². The number of hydrogen-bond acceptors (Lipinski definition) is 4. The molecule has 1 aliphatic carbocycles. The molecule has 0 amide bonds. The van der Waals surface area contributed by atoms with E-state index in [1.807, 2.05) is 6.07 Å². The lowest BCUT2D eigenvalue weighted by Gasteiger charge is -2.40. The number of hydrogen-bond donors (Lipinski definition) is 1. The van der Waals surface area contributed by atoms with Gasteiger partial charge in [0, 0.05) is 18.8 Å². The number of carbonyl (C=O) groups is 1. The van der Waals surface area contributed by atoms with E-state index in [-0.39, 0.29) is 35.2 Å². The number of fused-ring (bicyclic) bond motifs is 1. The fourth-order valence-corrected chi connectivity index (χ4v) is 6.53. The Balaban J connectivity index is 1.71. The van der Waals surface area contributed by atoms with E-state index in [1.54, 1.807) is 0 Å². The minimum Gasteiger partial charge on any atom is -0.462 e. The molecule has 34 heavy (non-hydrogen) atoms. The SMILES string of the molecule is CC(C)(C)[Si](C)(C)OC1C[C@@H]2OC(=O)CCC/C=C\C[C@@H]2[C@H]1CC[C@@H](O)CCc1ccccc1. The van der Waals surface area contributed by atoms with E-state index >= 15 is 0 Å². The number of aryl methyl sites for hydroxylation is 1. The topological polar surface area (TPSA) is 55.8 Å². The second-order valence-electron chi connectivity index (χ2n) is 11.9. The molecule has 0 spiro atoms. The van der Waals surface area contributed by atoms with Crippen LogP contribution in [0, 0.1) is 11.8 Å². The molecule has 3 rings (SSSR count). The number of ether oxygens (including phenoxy) is 1. The van der Waals surface area contributed by atoms with Crippen molar-refractivity contribution in [2.75, 3.05) is 0 Å². The molecule has 1 saturated carbocycles. The lowest BCUT2D eigenvalue weighted by molar-refractivity contribution is -0.151. The molecule has 190 valence electrons. The lowest BCUT2D eigenvalue weighted by atomic mass is 9.85. The molecular formula is C29H46O4Si. The van der Waals surface area contributed by atoms with Gasteiger partial charge in [0.05, 0.1) is 12.2 Å². The zero-order valence-electron chi connectivity index (χ0n) is 22.0. The first-order valence-electron chi connectivity index (χ1n) is 13.3. The van der Waals surface area contributed by atoms with E-state index in [9.17, 15) is 9.90 Å². The molecule has 2 aliphatic rings. The van der Waals surface area contributed by atoms with Gasteiger partial charge in [-0.05, 0) is 74.6 Å². The molecule has 1 N–H and O–H groups in total. The summed E-state index contributed by atoms with van der Waals surface area (Å²) in [5.41, 5.74) is 1.27. The highest BCUT2D eigenvalue weighted by Gasteiger charge is 2.49. The van der Waals surface area contributed by atoms with Crippen LogP contribution in [0.2, 0.25) is 18.1 Å². The number of rotatable bonds is 8. The molecule has 5 heteroatoms. The summed E-state index contributed by atoms with van der Waals surface area (Å²) in [6.07, 6.45) is 11.5. The summed E-state index contributed by atoms with van der Waals surface area (Å²) in [5.74, 6) is 0.483. The van der Waals surface area contributed by atoms with Crippen LogP contribution in [-0.4, -0.2) is 37.7 Å². The summed E-state index contributed by atoms with van der Waals surface area (Å²) in [6.45, 7) is 11.4. The minimum atomic E-state index is -1.97. The smallest absolute Gasteiger partial charge is 0.306 e. The number of aliphatic hydroxyl groups is 1. The minimum absolute atomic E-state index is 0.0695. The van der Waals surface area contributed by atoms with Crippen molar-refractivity contribution in [3.05, 3.63) is 48.0 Å². The van der Waals surface area contributed by atoms with Crippen LogP contribution in [-0.2, 0) is 20.4 Å². The van der Waals surface area contributed by atoms with Gasteiger partial charge in [0.1, 0.15) is 6.10 Å². The van der Waals surface area contributed by atoms with E-state index in [2.05, 4.69) is 70.3 Å². The van der Waals surface area contributed by atoms with Crippen molar-refractivity contribution >= 4 is 14.3 Å². The van der Waals surface area contributed by atoms with Crippen LogP contribution in [0.5, 0.6) is 0 Å². The molecule has 5 atom stereocenters. The molecule has 1 aromatic carbocycles. The third kappa shape index (κ3) is 7.53. The maximum Gasteiger partial charge on any atom is 0.306 e.